The van der Waals surface area contributed by atoms with Crippen LogP contribution in [-0.4, -0.2) is 24.9 Å². The fraction of sp³-hybridized carbons (Fsp3) is 0.125. The molecule has 0 saturated heterocycles. The van der Waals surface area contributed by atoms with Crippen molar-refractivity contribution in [1.29, 1.82) is 0 Å². The standard InChI is InChI=1S/C16H14N2O/c1-18(2)15-9-6-13(7-10-15)16(19)11-8-14-5-3-4-12-17-14/h3-7,9-10,12H,1-2H3. The third-order valence-corrected chi connectivity index (χ3v) is 2.61. The van der Waals surface area contributed by atoms with Crippen LogP contribution in [0.3, 0.4) is 0 Å². The topological polar surface area (TPSA) is 33.2 Å². The average Bonchev–Trinajstić information content (AvgIpc) is 2.46. The van der Waals surface area contributed by atoms with Crippen molar-refractivity contribution in [2.45, 2.75) is 0 Å². The highest BCUT2D eigenvalue weighted by atomic mass is 16.1. The Hall–Kier alpha value is -2.60. The lowest BCUT2D eigenvalue weighted by atomic mass is 10.1. The molecule has 0 aliphatic rings. The van der Waals surface area contributed by atoms with Crippen LogP contribution in [0.15, 0.2) is 48.7 Å². The molecule has 0 radical (unpaired) electrons. The number of anilines is 1. The predicted octanol–water partition coefficient (Wildman–Crippen LogP) is 2.38. The van der Waals surface area contributed by atoms with Gasteiger partial charge in [0.1, 0.15) is 5.69 Å². The van der Waals surface area contributed by atoms with E-state index in [4.69, 9.17) is 0 Å². The van der Waals surface area contributed by atoms with Gasteiger partial charge in [0.2, 0.25) is 5.78 Å². The van der Waals surface area contributed by atoms with Crippen molar-refractivity contribution < 1.29 is 4.79 Å². The van der Waals surface area contributed by atoms with Gasteiger partial charge in [0, 0.05) is 31.5 Å². The second kappa shape index (κ2) is 5.83. The maximum absolute atomic E-state index is 11.9. The molecule has 94 valence electrons. The van der Waals surface area contributed by atoms with Gasteiger partial charge in [-0.2, -0.15) is 0 Å². The van der Waals surface area contributed by atoms with Crippen molar-refractivity contribution in [3.05, 3.63) is 59.9 Å². The first-order chi connectivity index (χ1) is 9.16. The van der Waals surface area contributed by atoms with E-state index in [0.29, 0.717) is 11.3 Å². The van der Waals surface area contributed by atoms with Crippen LogP contribution in [0.1, 0.15) is 16.1 Å². The molecule has 0 unspecified atom stereocenters. The number of nitrogens with zero attached hydrogens (tertiary/aromatic N) is 2. The minimum absolute atomic E-state index is 0.198. The van der Waals surface area contributed by atoms with Gasteiger partial charge in [0.05, 0.1) is 0 Å². The molecule has 3 heteroatoms. The van der Waals surface area contributed by atoms with Gasteiger partial charge >= 0.3 is 0 Å². The minimum Gasteiger partial charge on any atom is -0.378 e. The molecule has 0 aliphatic carbocycles. The average molecular weight is 250 g/mol. The summed E-state index contributed by atoms with van der Waals surface area (Å²) in [6.45, 7) is 0. The Bertz CT molecular complexity index is 619. The zero-order chi connectivity index (χ0) is 13.7. The molecule has 1 heterocycles. The first-order valence-corrected chi connectivity index (χ1v) is 5.91. The Kier molecular flexibility index (Phi) is 3.94. The largest absolute Gasteiger partial charge is 0.378 e. The Morgan fingerprint density at radius 1 is 1.11 bits per heavy atom. The van der Waals surface area contributed by atoms with Gasteiger partial charge in [0.25, 0.3) is 0 Å². The van der Waals surface area contributed by atoms with Crippen LogP contribution >= 0.6 is 0 Å². The van der Waals surface area contributed by atoms with E-state index in [1.165, 1.54) is 0 Å². The van der Waals surface area contributed by atoms with Gasteiger partial charge in [-0.05, 0) is 48.2 Å². The Morgan fingerprint density at radius 2 is 1.84 bits per heavy atom. The second-order valence-electron chi connectivity index (χ2n) is 4.24. The smallest absolute Gasteiger partial charge is 0.236 e. The molecular weight excluding hydrogens is 236 g/mol. The van der Waals surface area contributed by atoms with Gasteiger partial charge in [-0.3, -0.25) is 4.79 Å². The van der Waals surface area contributed by atoms with Crippen molar-refractivity contribution in [3.63, 3.8) is 0 Å². The number of benzene rings is 1. The molecule has 0 amide bonds. The molecular formula is C16H14N2O. The number of hydrogen-bond donors (Lipinski definition) is 0. The molecule has 1 aromatic heterocycles. The Balaban J connectivity index is 2.15. The number of ketones is 1. The summed E-state index contributed by atoms with van der Waals surface area (Å²) in [5, 5.41) is 0. The van der Waals surface area contributed by atoms with Crippen LogP contribution in [0.25, 0.3) is 0 Å². The van der Waals surface area contributed by atoms with Crippen LogP contribution in [-0.2, 0) is 0 Å². The molecule has 0 bridgehead atoms. The number of Topliss-reactive ketones (excluding diaryl/α,β-unsaturated/α-hetero) is 1. The van der Waals surface area contributed by atoms with Crippen molar-refractivity contribution in [3.8, 4) is 11.8 Å². The van der Waals surface area contributed by atoms with Crippen molar-refractivity contribution in [2.24, 2.45) is 0 Å². The van der Waals surface area contributed by atoms with E-state index in [2.05, 4.69) is 16.8 Å². The minimum atomic E-state index is -0.198. The molecule has 0 aliphatic heterocycles. The zero-order valence-corrected chi connectivity index (χ0v) is 10.9. The fourth-order valence-electron chi connectivity index (χ4n) is 1.54. The summed E-state index contributed by atoms with van der Waals surface area (Å²) in [7, 11) is 3.91. The lowest BCUT2D eigenvalue weighted by Crippen LogP contribution is -2.08. The van der Waals surface area contributed by atoms with Crippen molar-refractivity contribution in [1.82, 2.24) is 4.98 Å². The molecule has 1 aromatic carbocycles. The summed E-state index contributed by atoms with van der Waals surface area (Å²) in [6, 6.07) is 12.8. The number of rotatable bonds is 2. The van der Waals surface area contributed by atoms with Crippen LogP contribution < -0.4 is 4.90 Å². The van der Waals surface area contributed by atoms with Crippen LogP contribution in [0.5, 0.6) is 0 Å². The SMILES string of the molecule is CN(C)c1ccc(C(=O)C#Cc2ccccn2)cc1. The lowest BCUT2D eigenvalue weighted by Gasteiger charge is -2.11. The third kappa shape index (κ3) is 3.43. The van der Waals surface area contributed by atoms with E-state index in [9.17, 15) is 4.79 Å². The fourth-order valence-corrected chi connectivity index (χ4v) is 1.54. The molecule has 0 spiro atoms. The number of carbonyl (C=O) groups is 1. The lowest BCUT2D eigenvalue weighted by molar-refractivity contribution is 0.105. The summed E-state index contributed by atoms with van der Waals surface area (Å²) in [6.07, 6.45) is 1.65. The van der Waals surface area contributed by atoms with E-state index in [-0.39, 0.29) is 5.78 Å². The maximum Gasteiger partial charge on any atom is 0.236 e. The maximum atomic E-state index is 11.9. The van der Waals surface area contributed by atoms with E-state index in [1.807, 2.05) is 43.3 Å². The highest BCUT2D eigenvalue weighted by Gasteiger charge is 2.02. The summed E-state index contributed by atoms with van der Waals surface area (Å²) < 4.78 is 0. The molecule has 0 fully saturated rings. The van der Waals surface area contributed by atoms with E-state index in [0.717, 1.165) is 5.69 Å². The molecule has 19 heavy (non-hydrogen) atoms. The normalized spacial score (nSPS) is 9.37. The van der Waals surface area contributed by atoms with E-state index >= 15 is 0 Å². The Labute approximate surface area is 112 Å². The molecule has 2 aromatic rings. The summed E-state index contributed by atoms with van der Waals surface area (Å²) in [4.78, 5) is 17.9. The van der Waals surface area contributed by atoms with Crippen molar-refractivity contribution in [2.75, 3.05) is 19.0 Å². The van der Waals surface area contributed by atoms with Gasteiger partial charge in [-0.25, -0.2) is 4.98 Å². The van der Waals surface area contributed by atoms with Gasteiger partial charge in [-0.15, -0.1) is 0 Å². The first-order valence-electron chi connectivity index (χ1n) is 5.91. The molecule has 2 rings (SSSR count). The number of pyridine rings is 1. The summed E-state index contributed by atoms with van der Waals surface area (Å²) in [5.74, 6) is 5.16. The van der Waals surface area contributed by atoms with Gasteiger partial charge < -0.3 is 4.90 Å². The molecule has 3 nitrogen and oxygen atoms in total. The van der Waals surface area contributed by atoms with Crippen LogP contribution in [0, 0.1) is 11.8 Å². The quantitative estimate of drug-likeness (QED) is 0.606. The van der Waals surface area contributed by atoms with Crippen LogP contribution in [0.2, 0.25) is 0 Å². The summed E-state index contributed by atoms with van der Waals surface area (Å²) in [5.41, 5.74) is 2.24. The third-order valence-electron chi connectivity index (χ3n) is 2.61. The highest BCUT2D eigenvalue weighted by Crippen LogP contribution is 2.12. The zero-order valence-electron chi connectivity index (χ0n) is 10.9. The monoisotopic (exact) mass is 250 g/mol. The van der Waals surface area contributed by atoms with Gasteiger partial charge in [0.15, 0.2) is 0 Å². The number of aromatic nitrogens is 1. The van der Waals surface area contributed by atoms with Crippen LogP contribution in [0.4, 0.5) is 5.69 Å². The number of hydrogen-bond acceptors (Lipinski definition) is 3. The van der Waals surface area contributed by atoms with Gasteiger partial charge in [-0.1, -0.05) is 6.07 Å². The van der Waals surface area contributed by atoms with E-state index < -0.39 is 0 Å². The summed E-state index contributed by atoms with van der Waals surface area (Å²) >= 11 is 0. The first kappa shape index (κ1) is 12.8. The highest BCUT2D eigenvalue weighted by molar-refractivity contribution is 6.09. The van der Waals surface area contributed by atoms with Crippen molar-refractivity contribution >= 4 is 11.5 Å². The molecule has 0 saturated carbocycles. The predicted molar refractivity (Wildman–Crippen MR) is 76.2 cm³/mol. The molecule has 0 N–H and O–H groups in total. The number of carbonyl (C=O) groups excluding carboxylic acids is 1. The Morgan fingerprint density at radius 3 is 2.42 bits per heavy atom. The van der Waals surface area contributed by atoms with E-state index in [1.54, 1.807) is 24.4 Å². The molecule has 0 atom stereocenters. The second-order valence-corrected chi connectivity index (χ2v) is 4.24.